The van der Waals surface area contributed by atoms with E-state index in [1.165, 1.54) is 35.0 Å². The molecule has 1 aromatic carbocycles. The Bertz CT molecular complexity index is 697. The maximum absolute atomic E-state index is 13.0. The lowest BCUT2D eigenvalue weighted by Gasteiger charge is -2.08. The third kappa shape index (κ3) is 4.45. The number of carbonyl (C=O) groups is 1. The van der Waals surface area contributed by atoms with Gasteiger partial charge in [-0.3, -0.25) is 9.59 Å². The molecule has 5 nitrogen and oxygen atoms in total. The average molecular weight is 289 g/mol. The summed E-state index contributed by atoms with van der Waals surface area (Å²) in [6, 6.07) is 9.01. The van der Waals surface area contributed by atoms with E-state index in [4.69, 9.17) is 5.73 Å². The zero-order valence-corrected chi connectivity index (χ0v) is 11.4. The Balaban J connectivity index is 1.85. The quantitative estimate of drug-likeness (QED) is 0.859. The van der Waals surface area contributed by atoms with Crippen LogP contribution in [0.3, 0.4) is 0 Å². The molecule has 1 amide bonds. The predicted octanol–water partition coefficient (Wildman–Crippen LogP) is 0.928. The molecule has 0 bridgehead atoms. The van der Waals surface area contributed by atoms with E-state index in [1.54, 1.807) is 12.1 Å². The largest absolute Gasteiger partial charge is 0.398 e. The van der Waals surface area contributed by atoms with Crippen LogP contribution in [0.25, 0.3) is 0 Å². The second-order valence-corrected chi connectivity index (χ2v) is 4.66. The minimum atomic E-state index is -0.301. The van der Waals surface area contributed by atoms with Crippen molar-refractivity contribution in [3.8, 4) is 0 Å². The van der Waals surface area contributed by atoms with Crippen molar-refractivity contribution in [2.24, 2.45) is 0 Å². The van der Waals surface area contributed by atoms with E-state index in [0.717, 1.165) is 5.56 Å². The van der Waals surface area contributed by atoms with E-state index < -0.39 is 0 Å². The van der Waals surface area contributed by atoms with Crippen molar-refractivity contribution in [1.82, 2.24) is 9.88 Å². The van der Waals surface area contributed by atoms with Crippen LogP contribution in [0.15, 0.2) is 47.4 Å². The summed E-state index contributed by atoms with van der Waals surface area (Å²) < 4.78 is 14.2. The number of nitrogens with zero attached hydrogens (tertiary/aromatic N) is 1. The van der Waals surface area contributed by atoms with Crippen LogP contribution >= 0.6 is 0 Å². The van der Waals surface area contributed by atoms with Crippen LogP contribution in [0.2, 0.25) is 0 Å². The van der Waals surface area contributed by atoms with Crippen LogP contribution in [0, 0.1) is 5.82 Å². The molecular weight excluding hydrogens is 273 g/mol. The summed E-state index contributed by atoms with van der Waals surface area (Å²) in [5, 5.41) is 2.68. The first kappa shape index (κ1) is 14.8. The number of pyridine rings is 1. The third-order valence-corrected chi connectivity index (χ3v) is 2.95. The van der Waals surface area contributed by atoms with Crippen molar-refractivity contribution >= 4 is 11.6 Å². The molecule has 0 radical (unpaired) electrons. The van der Waals surface area contributed by atoms with Gasteiger partial charge >= 0.3 is 0 Å². The average Bonchev–Trinajstić information content (AvgIpc) is 2.43. The lowest BCUT2D eigenvalue weighted by Crippen LogP contribution is -2.33. The number of rotatable bonds is 5. The summed E-state index contributed by atoms with van der Waals surface area (Å²) in [4.78, 5) is 23.3. The number of hydrogen-bond donors (Lipinski definition) is 2. The predicted molar refractivity (Wildman–Crippen MR) is 78.2 cm³/mol. The van der Waals surface area contributed by atoms with Crippen LogP contribution in [-0.4, -0.2) is 17.0 Å². The van der Waals surface area contributed by atoms with Crippen molar-refractivity contribution in [2.45, 2.75) is 13.0 Å². The van der Waals surface area contributed by atoms with Crippen LogP contribution in [-0.2, 0) is 17.8 Å². The van der Waals surface area contributed by atoms with Gasteiger partial charge in [0.2, 0.25) is 5.91 Å². The second-order valence-electron chi connectivity index (χ2n) is 4.66. The van der Waals surface area contributed by atoms with Gasteiger partial charge in [-0.1, -0.05) is 12.1 Å². The number of benzene rings is 1. The fourth-order valence-electron chi connectivity index (χ4n) is 1.92. The molecule has 0 atom stereocenters. The number of nitrogen functional groups attached to an aromatic ring is 1. The van der Waals surface area contributed by atoms with Crippen LogP contribution in [0.5, 0.6) is 0 Å². The van der Waals surface area contributed by atoms with E-state index in [0.29, 0.717) is 18.7 Å². The molecule has 0 saturated heterocycles. The molecule has 0 aliphatic heterocycles. The summed E-state index contributed by atoms with van der Waals surface area (Å²) >= 11 is 0. The van der Waals surface area contributed by atoms with Crippen LogP contribution in [0.4, 0.5) is 10.1 Å². The molecular formula is C15H16FN3O2. The highest BCUT2D eigenvalue weighted by Gasteiger charge is 2.04. The third-order valence-electron chi connectivity index (χ3n) is 2.95. The number of anilines is 1. The molecule has 110 valence electrons. The summed E-state index contributed by atoms with van der Waals surface area (Å²) in [5.41, 5.74) is 6.50. The Labute approximate surface area is 121 Å². The molecule has 1 aromatic heterocycles. The first-order chi connectivity index (χ1) is 10.0. The van der Waals surface area contributed by atoms with Gasteiger partial charge in [0.25, 0.3) is 5.56 Å². The fraction of sp³-hybridized carbons (Fsp3) is 0.200. The van der Waals surface area contributed by atoms with Gasteiger partial charge in [-0.15, -0.1) is 0 Å². The van der Waals surface area contributed by atoms with Gasteiger partial charge < -0.3 is 15.6 Å². The topological polar surface area (TPSA) is 77.1 Å². The Kier molecular flexibility index (Phi) is 4.71. The number of halogens is 1. The number of nitrogens with one attached hydrogen (secondary N) is 1. The summed E-state index contributed by atoms with van der Waals surface area (Å²) in [6.07, 6.45) is 1.95. The summed E-state index contributed by atoms with van der Waals surface area (Å²) in [5.74, 6) is -0.593. The van der Waals surface area contributed by atoms with Gasteiger partial charge in [0.05, 0.1) is 0 Å². The number of carbonyl (C=O) groups excluding carboxylic acids is 1. The van der Waals surface area contributed by atoms with Gasteiger partial charge in [-0.05, 0) is 30.2 Å². The number of nitrogens with two attached hydrogens (primary N) is 1. The maximum atomic E-state index is 13.0. The number of aromatic nitrogens is 1. The Morgan fingerprint density at radius 3 is 2.86 bits per heavy atom. The molecule has 0 spiro atoms. The Hall–Kier alpha value is -2.63. The highest BCUT2D eigenvalue weighted by atomic mass is 19.1. The van der Waals surface area contributed by atoms with Gasteiger partial charge in [-0.2, -0.15) is 0 Å². The van der Waals surface area contributed by atoms with Crippen molar-refractivity contribution in [1.29, 1.82) is 0 Å². The molecule has 0 aliphatic rings. The highest BCUT2D eigenvalue weighted by molar-refractivity contribution is 5.75. The fourth-order valence-corrected chi connectivity index (χ4v) is 1.92. The standard InChI is InChI=1S/C15H16FN3O2/c16-12-3-1-2-11(8-12)6-7-18-14(20)10-19-9-13(17)4-5-15(19)21/h1-5,8-9H,6-7,10,17H2,(H,18,20). The smallest absolute Gasteiger partial charge is 0.251 e. The zero-order valence-electron chi connectivity index (χ0n) is 11.4. The second kappa shape index (κ2) is 6.69. The molecule has 0 aliphatic carbocycles. The van der Waals surface area contributed by atoms with Crippen LogP contribution in [0.1, 0.15) is 5.56 Å². The lowest BCUT2D eigenvalue weighted by molar-refractivity contribution is -0.121. The van der Waals surface area contributed by atoms with Crippen molar-refractivity contribution in [3.05, 3.63) is 64.3 Å². The Morgan fingerprint density at radius 1 is 1.29 bits per heavy atom. The van der Waals surface area contributed by atoms with Gasteiger partial charge in [0.1, 0.15) is 12.4 Å². The maximum Gasteiger partial charge on any atom is 0.251 e. The molecule has 0 fully saturated rings. The monoisotopic (exact) mass is 289 g/mol. The van der Waals surface area contributed by atoms with E-state index in [-0.39, 0.29) is 23.8 Å². The number of hydrogen-bond acceptors (Lipinski definition) is 3. The molecule has 21 heavy (non-hydrogen) atoms. The van der Waals surface area contributed by atoms with E-state index in [2.05, 4.69) is 5.32 Å². The zero-order chi connectivity index (χ0) is 15.2. The van der Waals surface area contributed by atoms with Crippen molar-refractivity contribution < 1.29 is 9.18 Å². The molecule has 2 aromatic rings. The van der Waals surface area contributed by atoms with Crippen molar-refractivity contribution in [3.63, 3.8) is 0 Å². The normalized spacial score (nSPS) is 10.3. The van der Waals surface area contributed by atoms with Gasteiger partial charge in [0.15, 0.2) is 0 Å². The minimum Gasteiger partial charge on any atom is -0.398 e. The number of amides is 1. The molecule has 0 saturated carbocycles. The van der Waals surface area contributed by atoms with E-state index in [9.17, 15) is 14.0 Å². The summed E-state index contributed by atoms with van der Waals surface area (Å²) in [7, 11) is 0. The lowest BCUT2D eigenvalue weighted by atomic mass is 10.1. The van der Waals surface area contributed by atoms with Crippen LogP contribution < -0.4 is 16.6 Å². The van der Waals surface area contributed by atoms with Gasteiger partial charge in [0, 0.05) is 24.5 Å². The molecule has 6 heteroatoms. The van der Waals surface area contributed by atoms with E-state index >= 15 is 0 Å². The molecule has 0 unspecified atom stereocenters. The SMILES string of the molecule is Nc1ccc(=O)n(CC(=O)NCCc2cccc(F)c2)c1. The summed E-state index contributed by atoms with van der Waals surface area (Å²) in [6.45, 7) is 0.284. The molecule has 2 rings (SSSR count). The van der Waals surface area contributed by atoms with Gasteiger partial charge in [-0.25, -0.2) is 4.39 Å². The first-order valence-corrected chi connectivity index (χ1v) is 6.52. The Morgan fingerprint density at radius 2 is 2.10 bits per heavy atom. The highest BCUT2D eigenvalue weighted by Crippen LogP contribution is 2.03. The molecule has 3 N–H and O–H groups in total. The molecule has 1 heterocycles. The van der Waals surface area contributed by atoms with Crippen molar-refractivity contribution in [2.75, 3.05) is 12.3 Å². The first-order valence-electron chi connectivity index (χ1n) is 6.52. The minimum absolute atomic E-state index is 0.0903. The van der Waals surface area contributed by atoms with E-state index in [1.807, 2.05) is 0 Å².